The van der Waals surface area contributed by atoms with Crippen LogP contribution in [0.15, 0.2) is 200 Å². The van der Waals surface area contributed by atoms with Crippen molar-refractivity contribution in [1.82, 2.24) is 9.97 Å². The molecule has 0 bridgehead atoms. The highest BCUT2D eigenvalue weighted by Gasteiger charge is 2.41. The van der Waals surface area contributed by atoms with E-state index in [1.54, 1.807) is 0 Å². The van der Waals surface area contributed by atoms with Crippen LogP contribution < -0.4 is 0 Å². The molecule has 0 amide bonds. The molecule has 0 aliphatic heterocycles. The van der Waals surface area contributed by atoms with Gasteiger partial charge in [-0.25, -0.2) is 9.97 Å². The van der Waals surface area contributed by atoms with Crippen LogP contribution in [0.2, 0.25) is 0 Å². The fraction of sp³-hybridized carbons (Fsp3) is 0.0370. The van der Waals surface area contributed by atoms with Crippen LogP contribution in [0.4, 0.5) is 0 Å². The van der Waals surface area contributed by atoms with Crippen LogP contribution in [0.25, 0.3) is 87.5 Å². The first-order valence-electron chi connectivity index (χ1n) is 19.5. The second-order valence-corrected chi connectivity index (χ2v) is 16.0. The average molecular weight is 745 g/mol. The summed E-state index contributed by atoms with van der Waals surface area (Å²) in [6.45, 7) is 2.37. The fourth-order valence-electron chi connectivity index (χ4n) is 9.03. The highest BCUT2D eigenvalue weighted by molar-refractivity contribution is 7.26. The van der Waals surface area contributed by atoms with Gasteiger partial charge in [-0.05, 0) is 63.6 Å². The van der Waals surface area contributed by atoms with Gasteiger partial charge in [0.05, 0.1) is 11.4 Å². The highest BCUT2D eigenvalue weighted by atomic mass is 32.1. The normalized spacial score (nSPS) is 14.5. The van der Waals surface area contributed by atoms with Crippen LogP contribution in [0.1, 0.15) is 23.6 Å². The largest absolute Gasteiger partial charge is 0.228 e. The Morgan fingerprint density at radius 2 is 0.982 bits per heavy atom. The van der Waals surface area contributed by atoms with Gasteiger partial charge in [0.2, 0.25) is 0 Å². The predicted molar refractivity (Wildman–Crippen MR) is 240 cm³/mol. The van der Waals surface area contributed by atoms with Crippen molar-refractivity contribution in [3.05, 3.63) is 217 Å². The van der Waals surface area contributed by atoms with Gasteiger partial charge in [-0.3, -0.25) is 0 Å². The molecule has 10 aromatic rings. The minimum atomic E-state index is -0.243. The maximum atomic E-state index is 5.27. The molecule has 0 fully saturated rings. The van der Waals surface area contributed by atoms with Crippen molar-refractivity contribution in [3.8, 4) is 67.3 Å². The molecule has 268 valence electrons. The molecule has 0 saturated carbocycles. The summed E-state index contributed by atoms with van der Waals surface area (Å²) in [6, 6.07) is 72.1. The monoisotopic (exact) mass is 744 g/mol. The molecule has 2 heterocycles. The average Bonchev–Trinajstić information content (AvgIpc) is 3.80. The van der Waals surface area contributed by atoms with Crippen LogP contribution in [0.5, 0.6) is 0 Å². The molecule has 3 heteroatoms. The van der Waals surface area contributed by atoms with Crippen molar-refractivity contribution in [2.24, 2.45) is 0 Å². The highest BCUT2D eigenvalue weighted by Crippen LogP contribution is 2.55. The summed E-state index contributed by atoms with van der Waals surface area (Å²) in [4.78, 5) is 10.5. The summed E-state index contributed by atoms with van der Waals surface area (Å²) < 4.78 is 2.59. The Morgan fingerprint density at radius 1 is 0.404 bits per heavy atom. The summed E-state index contributed by atoms with van der Waals surface area (Å²) in [7, 11) is 0. The summed E-state index contributed by atoms with van der Waals surface area (Å²) in [5, 5.41) is 2.58. The van der Waals surface area contributed by atoms with E-state index in [-0.39, 0.29) is 5.41 Å². The number of nitrogens with zero attached hydrogens (tertiary/aromatic N) is 2. The van der Waals surface area contributed by atoms with Crippen molar-refractivity contribution in [3.63, 3.8) is 0 Å². The van der Waals surface area contributed by atoms with E-state index in [9.17, 15) is 0 Å². The van der Waals surface area contributed by atoms with Gasteiger partial charge in [-0.2, -0.15) is 0 Å². The van der Waals surface area contributed by atoms with Gasteiger partial charge < -0.3 is 0 Å². The van der Waals surface area contributed by atoms with Crippen molar-refractivity contribution >= 4 is 31.5 Å². The third-order valence-electron chi connectivity index (χ3n) is 11.8. The van der Waals surface area contributed by atoms with Crippen LogP contribution in [0, 0.1) is 0 Å². The zero-order valence-corrected chi connectivity index (χ0v) is 32.2. The van der Waals surface area contributed by atoms with E-state index in [1.807, 2.05) is 17.4 Å². The number of benzene rings is 8. The molecule has 0 spiro atoms. The summed E-state index contributed by atoms with van der Waals surface area (Å²) >= 11 is 1.86. The third-order valence-corrected chi connectivity index (χ3v) is 13.1. The minimum Gasteiger partial charge on any atom is -0.228 e. The Balaban J connectivity index is 1.04. The second kappa shape index (κ2) is 13.4. The molecule has 11 rings (SSSR count). The Labute approximate surface area is 336 Å². The zero-order valence-electron chi connectivity index (χ0n) is 31.4. The Bertz CT molecular complexity index is 3130. The second-order valence-electron chi connectivity index (χ2n) is 15.0. The lowest BCUT2D eigenvalue weighted by atomic mass is 9.74. The van der Waals surface area contributed by atoms with E-state index in [4.69, 9.17) is 9.97 Å². The molecule has 0 saturated heterocycles. The van der Waals surface area contributed by atoms with Crippen LogP contribution in [0.3, 0.4) is 0 Å². The molecule has 2 aromatic heterocycles. The maximum absolute atomic E-state index is 5.27. The van der Waals surface area contributed by atoms with Gasteiger partial charge in [-0.1, -0.05) is 188 Å². The first-order chi connectivity index (χ1) is 28.1. The Kier molecular flexibility index (Phi) is 7.84. The molecule has 1 aliphatic rings. The molecule has 0 N–H and O–H groups in total. The molecule has 57 heavy (non-hydrogen) atoms. The molecule has 2 nitrogen and oxygen atoms in total. The lowest BCUT2D eigenvalue weighted by Gasteiger charge is -2.28. The topological polar surface area (TPSA) is 25.8 Å². The molecular formula is C54H36N2S. The van der Waals surface area contributed by atoms with Gasteiger partial charge in [0, 0.05) is 47.8 Å². The predicted octanol–water partition coefficient (Wildman–Crippen LogP) is 14.5. The summed E-state index contributed by atoms with van der Waals surface area (Å²) in [6.07, 6.45) is 0. The SMILES string of the molecule is CC1(c2ccccc2)c2ccccc2-c2c(-c3ccc(-c4cc(-c5ccccc5-c5cccc6c5sc5ccccc56)nc(-c5ccccc5)n4)cc3)cccc21. The van der Waals surface area contributed by atoms with Crippen LogP contribution in [-0.4, -0.2) is 9.97 Å². The molecule has 1 unspecified atom stereocenters. The quantitative estimate of drug-likeness (QED) is 0.169. The number of aromatic nitrogens is 2. The van der Waals surface area contributed by atoms with Gasteiger partial charge >= 0.3 is 0 Å². The van der Waals surface area contributed by atoms with Gasteiger partial charge in [-0.15, -0.1) is 11.3 Å². The molecule has 8 aromatic carbocycles. The van der Waals surface area contributed by atoms with Crippen molar-refractivity contribution in [2.45, 2.75) is 12.3 Å². The zero-order chi connectivity index (χ0) is 37.9. The van der Waals surface area contributed by atoms with E-state index in [0.29, 0.717) is 5.82 Å². The van der Waals surface area contributed by atoms with E-state index < -0.39 is 0 Å². The van der Waals surface area contributed by atoms with Crippen LogP contribution >= 0.6 is 11.3 Å². The lowest BCUT2D eigenvalue weighted by molar-refractivity contribution is 0.714. The number of hydrogen-bond acceptors (Lipinski definition) is 3. The number of thiophene rings is 1. The number of fused-ring (bicyclic) bond motifs is 6. The summed E-state index contributed by atoms with van der Waals surface area (Å²) in [5.41, 5.74) is 16.1. The third kappa shape index (κ3) is 5.38. The Morgan fingerprint density at radius 3 is 1.81 bits per heavy atom. The van der Waals surface area contributed by atoms with E-state index in [0.717, 1.165) is 33.6 Å². The van der Waals surface area contributed by atoms with Crippen molar-refractivity contribution in [2.75, 3.05) is 0 Å². The lowest BCUT2D eigenvalue weighted by Crippen LogP contribution is -2.22. The maximum Gasteiger partial charge on any atom is 0.160 e. The van der Waals surface area contributed by atoms with Crippen molar-refractivity contribution < 1.29 is 0 Å². The fourth-order valence-corrected chi connectivity index (χ4v) is 10.3. The smallest absolute Gasteiger partial charge is 0.160 e. The van der Waals surface area contributed by atoms with Crippen LogP contribution in [-0.2, 0) is 5.41 Å². The first-order valence-corrected chi connectivity index (χ1v) is 20.3. The molecule has 1 aliphatic carbocycles. The van der Waals surface area contributed by atoms with Gasteiger partial charge in [0.25, 0.3) is 0 Å². The standard InChI is InChI=1S/C54H36N2S/c1-54(38-18-6-3-7-19-38)46-27-12-10-23-45(46)51-39(24-15-28-47(51)54)35-30-32-36(33-31-35)48-34-49(56-53(55-48)37-16-4-2-5-17-37)41-21-9-8-20-40(41)43-25-14-26-44-42-22-11-13-29-50(42)57-52(43)44/h2-34H,1H3. The van der Waals surface area contributed by atoms with E-state index in [1.165, 1.54) is 64.7 Å². The number of rotatable bonds is 6. The van der Waals surface area contributed by atoms with Gasteiger partial charge in [0.1, 0.15) is 0 Å². The minimum absolute atomic E-state index is 0.243. The molecule has 1 atom stereocenters. The Hall–Kier alpha value is -6.94. The van der Waals surface area contributed by atoms with Gasteiger partial charge in [0.15, 0.2) is 5.82 Å². The van der Waals surface area contributed by atoms with Crippen molar-refractivity contribution in [1.29, 1.82) is 0 Å². The number of hydrogen-bond donors (Lipinski definition) is 0. The molecule has 0 radical (unpaired) electrons. The van der Waals surface area contributed by atoms with E-state index in [2.05, 4.69) is 201 Å². The first kappa shape index (κ1) is 33.4. The summed E-state index contributed by atoms with van der Waals surface area (Å²) in [5.74, 6) is 0.708. The van der Waals surface area contributed by atoms with E-state index >= 15 is 0 Å². The molecular weight excluding hydrogens is 709 g/mol.